The van der Waals surface area contributed by atoms with Crippen LogP contribution in [0.3, 0.4) is 0 Å². The normalized spacial score (nSPS) is 10.4. The van der Waals surface area contributed by atoms with Gasteiger partial charge in [-0.1, -0.05) is 32.7 Å². The first-order valence-electron chi connectivity index (χ1n) is 4.76. The molecule has 0 bridgehead atoms. The maximum absolute atomic E-state index is 6.06. The highest BCUT2D eigenvalue weighted by Crippen LogP contribution is 2.21. The van der Waals surface area contributed by atoms with Crippen LogP contribution in [0.4, 0.5) is 5.82 Å². The van der Waals surface area contributed by atoms with Crippen molar-refractivity contribution in [2.45, 2.75) is 13.5 Å². The molecule has 0 saturated carbocycles. The second kappa shape index (κ2) is 4.89. The standard InChI is InChI=1S/C11H10BrClN2O/c1-7-4-11(15-16-7)14-6-8-5-9(12)2-3-10(8)13/h2-5H,6H2,1H3,(H,14,15). The zero-order valence-corrected chi connectivity index (χ0v) is 11.0. The lowest BCUT2D eigenvalue weighted by molar-refractivity contribution is 0.399. The minimum Gasteiger partial charge on any atom is -0.363 e. The van der Waals surface area contributed by atoms with Crippen molar-refractivity contribution in [2.24, 2.45) is 0 Å². The van der Waals surface area contributed by atoms with Gasteiger partial charge in [-0.15, -0.1) is 0 Å². The minimum atomic E-state index is 0.615. The van der Waals surface area contributed by atoms with Crippen LogP contribution in [0.2, 0.25) is 5.02 Å². The van der Waals surface area contributed by atoms with E-state index >= 15 is 0 Å². The highest BCUT2D eigenvalue weighted by molar-refractivity contribution is 9.10. The quantitative estimate of drug-likeness (QED) is 0.931. The van der Waals surface area contributed by atoms with Gasteiger partial charge in [-0.05, 0) is 30.7 Å². The number of aromatic nitrogens is 1. The fourth-order valence-electron chi connectivity index (χ4n) is 1.31. The van der Waals surface area contributed by atoms with Crippen molar-refractivity contribution >= 4 is 33.3 Å². The predicted molar refractivity (Wildman–Crippen MR) is 67.7 cm³/mol. The predicted octanol–water partition coefficient (Wildman–Crippen LogP) is 4.01. The summed E-state index contributed by atoms with van der Waals surface area (Å²) in [5.74, 6) is 1.50. The number of nitrogens with one attached hydrogen (secondary N) is 1. The number of benzene rings is 1. The Bertz CT molecular complexity index is 498. The molecule has 0 amide bonds. The van der Waals surface area contributed by atoms with Crippen molar-refractivity contribution in [1.82, 2.24) is 5.16 Å². The number of halogens is 2. The topological polar surface area (TPSA) is 38.1 Å². The van der Waals surface area contributed by atoms with Gasteiger partial charge in [0, 0.05) is 22.1 Å². The van der Waals surface area contributed by atoms with E-state index < -0.39 is 0 Å². The lowest BCUT2D eigenvalue weighted by atomic mass is 10.2. The summed E-state index contributed by atoms with van der Waals surface area (Å²) in [6.07, 6.45) is 0. The summed E-state index contributed by atoms with van der Waals surface area (Å²) in [5, 5.41) is 7.71. The molecule has 1 N–H and O–H groups in total. The summed E-state index contributed by atoms with van der Waals surface area (Å²) in [4.78, 5) is 0. The maximum Gasteiger partial charge on any atom is 0.169 e. The Morgan fingerprint density at radius 1 is 1.44 bits per heavy atom. The second-order valence-electron chi connectivity index (χ2n) is 3.41. The molecule has 2 rings (SSSR count). The number of aryl methyl sites for hydroxylation is 1. The highest BCUT2D eigenvalue weighted by Gasteiger charge is 2.03. The Balaban J connectivity index is 2.07. The fraction of sp³-hybridized carbons (Fsp3) is 0.182. The Labute approximate surface area is 107 Å². The van der Waals surface area contributed by atoms with Crippen LogP contribution >= 0.6 is 27.5 Å². The number of hydrogen-bond acceptors (Lipinski definition) is 3. The third-order valence-electron chi connectivity index (χ3n) is 2.10. The van der Waals surface area contributed by atoms with Gasteiger partial charge in [0.05, 0.1) is 0 Å². The lowest BCUT2D eigenvalue weighted by Crippen LogP contribution is -2.00. The smallest absolute Gasteiger partial charge is 0.169 e. The molecule has 0 unspecified atom stereocenters. The zero-order valence-electron chi connectivity index (χ0n) is 8.63. The molecule has 1 heterocycles. The van der Waals surface area contributed by atoms with Gasteiger partial charge >= 0.3 is 0 Å². The van der Waals surface area contributed by atoms with Crippen molar-refractivity contribution in [3.05, 3.63) is 45.1 Å². The van der Waals surface area contributed by atoms with E-state index in [1.54, 1.807) is 0 Å². The number of anilines is 1. The van der Waals surface area contributed by atoms with Crippen molar-refractivity contribution in [2.75, 3.05) is 5.32 Å². The minimum absolute atomic E-state index is 0.615. The summed E-state index contributed by atoms with van der Waals surface area (Å²) in [5.41, 5.74) is 1.01. The molecule has 0 aliphatic heterocycles. The Morgan fingerprint density at radius 2 is 2.25 bits per heavy atom. The van der Waals surface area contributed by atoms with E-state index in [9.17, 15) is 0 Å². The van der Waals surface area contributed by atoms with Crippen LogP contribution < -0.4 is 5.32 Å². The van der Waals surface area contributed by atoms with Crippen molar-refractivity contribution in [1.29, 1.82) is 0 Å². The summed E-state index contributed by atoms with van der Waals surface area (Å²) in [7, 11) is 0. The Hall–Kier alpha value is -1.00. The van der Waals surface area contributed by atoms with E-state index in [0.717, 1.165) is 20.8 Å². The van der Waals surface area contributed by atoms with Gasteiger partial charge in [-0.3, -0.25) is 0 Å². The van der Waals surface area contributed by atoms with Crippen LogP contribution in [0.25, 0.3) is 0 Å². The first-order chi connectivity index (χ1) is 7.65. The molecule has 1 aromatic heterocycles. The van der Waals surface area contributed by atoms with E-state index in [-0.39, 0.29) is 0 Å². The summed E-state index contributed by atoms with van der Waals surface area (Å²) in [6.45, 7) is 2.47. The molecule has 0 radical (unpaired) electrons. The van der Waals surface area contributed by atoms with Crippen LogP contribution in [0.1, 0.15) is 11.3 Å². The molecular weight excluding hydrogens is 291 g/mol. The van der Waals surface area contributed by atoms with E-state index in [0.29, 0.717) is 12.4 Å². The number of nitrogens with zero attached hydrogens (tertiary/aromatic N) is 1. The second-order valence-corrected chi connectivity index (χ2v) is 4.73. The fourth-order valence-corrected chi connectivity index (χ4v) is 1.91. The van der Waals surface area contributed by atoms with Crippen LogP contribution in [-0.2, 0) is 6.54 Å². The molecule has 0 aliphatic carbocycles. The third kappa shape index (κ3) is 2.77. The Kier molecular flexibility index (Phi) is 3.51. The van der Waals surface area contributed by atoms with Gasteiger partial charge in [0.1, 0.15) is 5.76 Å². The van der Waals surface area contributed by atoms with E-state index in [2.05, 4.69) is 26.4 Å². The number of hydrogen-bond donors (Lipinski definition) is 1. The van der Waals surface area contributed by atoms with Crippen LogP contribution in [-0.4, -0.2) is 5.16 Å². The van der Waals surface area contributed by atoms with Crippen LogP contribution in [0, 0.1) is 6.92 Å². The lowest BCUT2D eigenvalue weighted by Gasteiger charge is -2.05. The maximum atomic E-state index is 6.06. The molecule has 1 aromatic carbocycles. The van der Waals surface area contributed by atoms with Gasteiger partial charge < -0.3 is 9.84 Å². The average Bonchev–Trinajstić information content (AvgIpc) is 2.66. The van der Waals surface area contributed by atoms with Gasteiger partial charge in [0.15, 0.2) is 5.82 Å². The molecule has 0 aliphatic rings. The van der Waals surface area contributed by atoms with Crippen molar-refractivity contribution < 1.29 is 4.52 Å². The molecule has 5 heteroatoms. The molecular formula is C11H10BrClN2O. The Morgan fingerprint density at radius 3 is 2.94 bits per heavy atom. The van der Waals surface area contributed by atoms with Gasteiger partial charge in [0.2, 0.25) is 0 Å². The van der Waals surface area contributed by atoms with Crippen molar-refractivity contribution in [3.8, 4) is 0 Å². The van der Waals surface area contributed by atoms with Gasteiger partial charge in [-0.25, -0.2) is 0 Å². The summed E-state index contributed by atoms with van der Waals surface area (Å²) in [6, 6.07) is 7.58. The SMILES string of the molecule is Cc1cc(NCc2cc(Br)ccc2Cl)no1. The molecule has 2 aromatic rings. The van der Waals surface area contributed by atoms with Crippen LogP contribution in [0.15, 0.2) is 33.3 Å². The average molecular weight is 302 g/mol. The first-order valence-corrected chi connectivity index (χ1v) is 5.93. The van der Waals surface area contributed by atoms with Crippen molar-refractivity contribution in [3.63, 3.8) is 0 Å². The summed E-state index contributed by atoms with van der Waals surface area (Å²) >= 11 is 9.47. The van der Waals surface area contributed by atoms with Crippen LogP contribution in [0.5, 0.6) is 0 Å². The third-order valence-corrected chi connectivity index (χ3v) is 2.96. The van der Waals surface area contributed by atoms with E-state index in [4.69, 9.17) is 16.1 Å². The molecule has 0 atom stereocenters. The zero-order chi connectivity index (χ0) is 11.5. The monoisotopic (exact) mass is 300 g/mol. The molecule has 0 saturated heterocycles. The van der Waals surface area contributed by atoms with Gasteiger partial charge in [-0.2, -0.15) is 0 Å². The number of rotatable bonds is 3. The first kappa shape index (κ1) is 11.5. The molecule has 16 heavy (non-hydrogen) atoms. The van der Waals surface area contributed by atoms with E-state index in [1.807, 2.05) is 31.2 Å². The molecule has 84 valence electrons. The summed E-state index contributed by atoms with van der Waals surface area (Å²) < 4.78 is 5.96. The molecule has 0 spiro atoms. The molecule has 3 nitrogen and oxygen atoms in total. The largest absolute Gasteiger partial charge is 0.363 e. The molecule has 0 fully saturated rings. The van der Waals surface area contributed by atoms with Gasteiger partial charge in [0.25, 0.3) is 0 Å². The van der Waals surface area contributed by atoms with E-state index in [1.165, 1.54) is 0 Å². The highest BCUT2D eigenvalue weighted by atomic mass is 79.9.